The van der Waals surface area contributed by atoms with E-state index in [4.69, 9.17) is 28.9 Å². The summed E-state index contributed by atoms with van der Waals surface area (Å²) in [6, 6.07) is 6.86. The van der Waals surface area contributed by atoms with Gasteiger partial charge in [-0.15, -0.1) is 0 Å². The van der Waals surface area contributed by atoms with E-state index in [1.165, 1.54) is 30.3 Å². The zero-order valence-corrected chi connectivity index (χ0v) is 11.6. The van der Waals surface area contributed by atoms with E-state index >= 15 is 0 Å². The SMILES string of the molecule is Nc1c(Cc2ccc(Cl)cc2F)cc(Cl)cc1[N+](=O)[O-]. The highest BCUT2D eigenvalue weighted by Crippen LogP contribution is 2.31. The predicted molar refractivity (Wildman–Crippen MR) is 76.7 cm³/mol. The molecule has 0 bridgehead atoms. The van der Waals surface area contributed by atoms with Crippen molar-refractivity contribution in [3.63, 3.8) is 0 Å². The van der Waals surface area contributed by atoms with Crippen LogP contribution >= 0.6 is 23.2 Å². The van der Waals surface area contributed by atoms with Crippen LogP contribution in [0.3, 0.4) is 0 Å². The molecule has 0 aromatic heterocycles. The lowest BCUT2D eigenvalue weighted by atomic mass is 10.0. The van der Waals surface area contributed by atoms with Gasteiger partial charge in [0.1, 0.15) is 11.5 Å². The zero-order chi connectivity index (χ0) is 14.9. The molecule has 2 aromatic rings. The molecule has 7 heteroatoms. The predicted octanol–water partition coefficient (Wildman–Crippen LogP) is 4.21. The van der Waals surface area contributed by atoms with Crippen LogP contribution in [0.25, 0.3) is 0 Å². The molecule has 0 heterocycles. The van der Waals surface area contributed by atoms with E-state index in [1.807, 2.05) is 0 Å². The van der Waals surface area contributed by atoms with Crippen molar-refractivity contribution in [3.8, 4) is 0 Å². The van der Waals surface area contributed by atoms with Crippen LogP contribution in [0.1, 0.15) is 11.1 Å². The molecule has 0 amide bonds. The van der Waals surface area contributed by atoms with Gasteiger partial charge in [-0.3, -0.25) is 10.1 Å². The standard InChI is InChI=1S/C13H9Cl2FN2O2/c14-9-2-1-7(11(16)5-9)3-8-4-10(15)6-12(13(8)17)18(19)20/h1-2,4-6H,3,17H2. The van der Waals surface area contributed by atoms with Crippen LogP contribution < -0.4 is 5.73 Å². The number of benzene rings is 2. The number of nitrogen functional groups attached to an aromatic ring is 1. The normalized spacial score (nSPS) is 10.6. The molecule has 2 rings (SSSR count). The van der Waals surface area contributed by atoms with E-state index in [0.29, 0.717) is 11.1 Å². The van der Waals surface area contributed by atoms with Crippen LogP contribution in [-0.4, -0.2) is 4.92 Å². The highest BCUT2D eigenvalue weighted by molar-refractivity contribution is 6.31. The quantitative estimate of drug-likeness (QED) is 0.524. The average molecular weight is 315 g/mol. The van der Waals surface area contributed by atoms with Crippen LogP contribution in [-0.2, 0) is 6.42 Å². The van der Waals surface area contributed by atoms with Gasteiger partial charge in [0.2, 0.25) is 0 Å². The molecule has 2 aromatic carbocycles. The summed E-state index contributed by atoms with van der Waals surface area (Å²) < 4.78 is 13.7. The fourth-order valence-electron chi connectivity index (χ4n) is 1.83. The molecule has 0 fully saturated rings. The van der Waals surface area contributed by atoms with Gasteiger partial charge in [0.15, 0.2) is 0 Å². The molecule has 4 nitrogen and oxygen atoms in total. The maximum atomic E-state index is 13.7. The molecule has 2 N–H and O–H groups in total. The number of hydrogen-bond acceptors (Lipinski definition) is 3. The maximum absolute atomic E-state index is 13.7. The Balaban J connectivity index is 2.45. The number of anilines is 1. The third-order valence-corrected chi connectivity index (χ3v) is 3.25. The number of nitrogens with zero attached hydrogens (tertiary/aromatic N) is 1. The Morgan fingerprint density at radius 3 is 2.45 bits per heavy atom. The van der Waals surface area contributed by atoms with E-state index in [2.05, 4.69) is 0 Å². The summed E-state index contributed by atoms with van der Waals surface area (Å²) in [4.78, 5) is 10.2. The van der Waals surface area contributed by atoms with Gasteiger partial charge in [0.25, 0.3) is 5.69 Å². The molecule has 0 saturated heterocycles. The number of nitro benzene ring substituents is 1. The lowest BCUT2D eigenvalue weighted by Gasteiger charge is -2.08. The average Bonchev–Trinajstić information content (AvgIpc) is 2.36. The fourth-order valence-corrected chi connectivity index (χ4v) is 2.22. The first-order valence-electron chi connectivity index (χ1n) is 5.54. The molecule has 0 radical (unpaired) electrons. The smallest absolute Gasteiger partial charge is 0.293 e. The van der Waals surface area contributed by atoms with E-state index in [0.717, 1.165) is 0 Å². The first-order chi connectivity index (χ1) is 9.38. The van der Waals surface area contributed by atoms with Crippen LogP contribution in [0, 0.1) is 15.9 Å². The molecule has 0 unspecified atom stereocenters. The molecule has 0 spiro atoms. The monoisotopic (exact) mass is 314 g/mol. The molecular formula is C13H9Cl2FN2O2. The first-order valence-corrected chi connectivity index (χ1v) is 6.30. The van der Waals surface area contributed by atoms with Gasteiger partial charge in [-0.25, -0.2) is 4.39 Å². The fraction of sp³-hybridized carbons (Fsp3) is 0.0769. The lowest BCUT2D eigenvalue weighted by Crippen LogP contribution is -2.02. The number of nitrogens with two attached hydrogens (primary N) is 1. The molecule has 0 aliphatic rings. The van der Waals surface area contributed by atoms with Gasteiger partial charge in [0, 0.05) is 22.5 Å². The van der Waals surface area contributed by atoms with Crippen LogP contribution in [0.2, 0.25) is 10.0 Å². The van der Waals surface area contributed by atoms with Crippen molar-refractivity contribution in [2.75, 3.05) is 5.73 Å². The third kappa shape index (κ3) is 3.00. The van der Waals surface area contributed by atoms with E-state index in [1.54, 1.807) is 0 Å². The first kappa shape index (κ1) is 14.6. The van der Waals surface area contributed by atoms with Crippen molar-refractivity contribution in [2.24, 2.45) is 0 Å². The number of rotatable bonds is 3. The Morgan fingerprint density at radius 2 is 1.85 bits per heavy atom. The molecule has 0 atom stereocenters. The Kier molecular flexibility index (Phi) is 4.11. The van der Waals surface area contributed by atoms with Gasteiger partial charge in [-0.1, -0.05) is 29.3 Å². The van der Waals surface area contributed by atoms with Crippen molar-refractivity contribution in [2.45, 2.75) is 6.42 Å². The van der Waals surface area contributed by atoms with Crippen molar-refractivity contribution >= 4 is 34.6 Å². The number of nitro groups is 1. The van der Waals surface area contributed by atoms with E-state index in [9.17, 15) is 14.5 Å². The van der Waals surface area contributed by atoms with Gasteiger partial charge >= 0.3 is 0 Å². The number of hydrogen-bond donors (Lipinski definition) is 1. The summed E-state index contributed by atoms with van der Waals surface area (Å²) in [5, 5.41) is 11.3. The minimum atomic E-state index is -0.622. The molecular weight excluding hydrogens is 306 g/mol. The molecule has 104 valence electrons. The highest BCUT2D eigenvalue weighted by Gasteiger charge is 2.17. The van der Waals surface area contributed by atoms with E-state index in [-0.39, 0.29) is 27.8 Å². The van der Waals surface area contributed by atoms with Gasteiger partial charge in [-0.05, 0) is 29.3 Å². The Morgan fingerprint density at radius 1 is 1.15 bits per heavy atom. The van der Waals surface area contributed by atoms with Crippen molar-refractivity contribution in [1.29, 1.82) is 0 Å². The van der Waals surface area contributed by atoms with Gasteiger partial charge in [-0.2, -0.15) is 0 Å². The van der Waals surface area contributed by atoms with Crippen molar-refractivity contribution in [3.05, 3.63) is 67.4 Å². The van der Waals surface area contributed by atoms with Gasteiger partial charge in [0.05, 0.1) is 4.92 Å². The second kappa shape index (κ2) is 5.64. The minimum Gasteiger partial charge on any atom is -0.393 e. The largest absolute Gasteiger partial charge is 0.393 e. The summed E-state index contributed by atoms with van der Waals surface area (Å²) in [5.74, 6) is -0.500. The summed E-state index contributed by atoms with van der Waals surface area (Å²) in [7, 11) is 0. The summed E-state index contributed by atoms with van der Waals surface area (Å²) in [6.07, 6.45) is 0.0935. The summed E-state index contributed by atoms with van der Waals surface area (Å²) in [5.41, 5.74) is 6.15. The van der Waals surface area contributed by atoms with Crippen LogP contribution in [0.15, 0.2) is 30.3 Å². The van der Waals surface area contributed by atoms with E-state index < -0.39 is 10.7 Å². The topological polar surface area (TPSA) is 69.2 Å². The second-order valence-corrected chi connectivity index (χ2v) is 5.04. The third-order valence-electron chi connectivity index (χ3n) is 2.80. The Labute approximate surface area is 124 Å². The summed E-state index contributed by atoms with van der Waals surface area (Å²) >= 11 is 11.5. The molecule has 20 heavy (non-hydrogen) atoms. The summed E-state index contributed by atoms with van der Waals surface area (Å²) in [6.45, 7) is 0. The van der Waals surface area contributed by atoms with Crippen molar-refractivity contribution in [1.82, 2.24) is 0 Å². The minimum absolute atomic E-state index is 0.0197. The molecule has 0 saturated carbocycles. The zero-order valence-electron chi connectivity index (χ0n) is 10.1. The Bertz CT molecular complexity index is 692. The molecule has 0 aliphatic heterocycles. The highest BCUT2D eigenvalue weighted by atomic mass is 35.5. The molecule has 0 aliphatic carbocycles. The van der Waals surface area contributed by atoms with Crippen LogP contribution in [0.5, 0.6) is 0 Å². The van der Waals surface area contributed by atoms with Crippen molar-refractivity contribution < 1.29 is 9.31 Å². The number of halogens is 3. The van der Waals surface area contributed by atoms with Crippen LogP contribution in [0.4, 0.5) is 15.8 Å². The Hall–Kier alpha value is -1.85. The second-order valence-electron chi connectivity index (χ2n) is 4.17. The maximum Gasteiger partial charge on any atom is 0.293 e. The van der Waals surface area contributed by atoms with Gasteiger partial charge < -0.3 is 5.73 Å². The lowest BCUT2D eigenvalue weighted by molar-refractivity contribution is -0.383.